The van der Waals surface area contributed by atoms with Crippen molar-refractivity contribution in [2.45, 2.75) is 26.2 Å². The van der Waals surface area contributed by atoms with Gasteiger partial charge in [-0.15, -0.1) is 0 Å². The molecule has 1 atom stereocenters. The molecule has 0 amide bonds. The van der Waals surface area contributed by atoms with Gasteiger partial charge in [-0.3, -0.25) is 0 Å². The van der Waals surface area contributed by atoms with Crippen LogP contribution in [0, 0.1) is 5.41 Å². The number of hydrogen-bond acceptors (Lipinski definition) is 1. The normalized spacial score (nSPS) is 19.4. The van der Waals surface area contributed by atoms with Crippen LogP contribution >= 0.6 is 0 Å². The zero-order chi connectivity index (χ0) is 11.5. The molecule has 2 rings (SSSR count). The lowest BCUT2D eigenvalue weighted by atomic mass is 9.90. The van der Waals surface area contributed by atoms with E-state index in [0.29, 0.717) is 11.6 Å². The van der Waals surface area contributed by atoms with Gasteiger partial charge >= 0.3 is 0 Å². The molecule has 0 bridgehead atoms. The van der Waals surface area contributed by atoms with Gasteiger partial charge in [0.05, 0.1) is 0 Å². The maximum atomic E-state index is 7.55. The fourth-order valence-electron chi connectivity index (χ4n) is 1.95. The topological polar surface area (TPSA) is 23.9 Å². The smallest absolute Gasteiger partial charge is 0.0355 e. The van der Waals surface area contributed by atoms with E-state index in [4.69, 9.17) is 5.41 Å². The molecule has 0 saturated carbocycles. The van der Waals surface area contributed by atoms with Crippen LogP contribution in [0.2, 0.25) is 0 Å². The van der Waals surface area contributed by atoms with Crippen molar-refractivity contribution in [1.82, 2.24) is 0 Å². The lowest BCUT2D eigenvalue weighted by Crippen LogP contribution is -1.99. The molecule has 1 unspecified atom stereocenters. The number of rotatable bonds is 2. The molecule has 0 spiro atoms. The molecule has 1 aromatic rings. The second-order valence-electron chi connectivity index (χ2n) is 4.40. The van der Waals surface area contributed by atoms with Gasteiger partial charge in [-0.2, -0.15) is 0 Å². The Morgan fingerprint density at radius 3 is 2.44 bits per heavy atom. The monoisotopic (exact) mass is 211 g/mol. The minimum absolute atomic E-state index is 0.504. The van der Waals surface area contributed by atoms with Crippen LogP contribution in [0.4, 0.5) is 0 Å². The van der Waals surface area contributed by atoms with E-state index >= 15 is 0 Å². The van der Waals surface area contributed by atoms with E-state index in [9.17, 15) is 0 Å². The standard InChI is InChI=1S/C15H17N/c1-11-3-5-14(6-4-11)15-9-7-13(8-10-15)12(2)16/h3-5,7-10,14,16H,6H2,1-2H3. The van der Waals surface area contributed by atoms with E-state index in [1.165, 1.54) is 11.1 Å². The number of allylic oxidation sites excluding steroid dienone is 4. The van der Waals surface area contributed by atoms with E-state index < -0.39 is 0 Å². The van der Waals surface area contributed by atoms with Gasteiger partial charge in [-0.25, -0.2) is 0 Å². The first-order valence-electron chi connectivity index (χ1n) is 5.67. The predicted molar refractivity (Wildman–Crippen MR) is 69.2 cm³/mol. The summed E-state index contributed by atoms with van der Waals surface area (Å²) >= 11 is 0. The zero-order valence-corrected chi connectivity index (χ0v) is 9.83. The van der Waals surface area contributed by atoms with E-state index in [-0.39, 0.29) is 0 Å². The second-order valence-corrected chi connectivity index (χ2v) is 4.40. The van der Waals surface area contributed by atoms with Crippen molar-refractivity contribution in [1.29, 1.82) is 5.41 Å². The molecule has 0 radical (unpaired) electrons. The zero-order valence-electron chi connectivity index (χ0n) is 9.83. The van der Waals surface area contributed by atoms with Crippen molar-refractivity contribution in [3.05, 3.63) is 59.2 Å². The van der Waals surface area contributed by atoms with Crippen molar-refractivity contribution in [3.63, 3.8) is 0 Å². The Kier molecular flexibility index (Phi) is 3.04. The van der Waals surface area contributed by atoms with Crippen LogP contribution in [0.1, 0.15) is 37.3 Å². The summed E-state index contributed by atoms with van der Waals surface area (Å²) in [5.74, 6) is 0.504. The highest BCUT2D eigenvalue weighted by Crippen LogP contribution is 2.26. The van der Waals surface area contributed by atoms with E-state index in [1.807, 2.05) is 19.1 Å². The molecule has 0 aliphatic heterocycles. The van der Waals surface area contributed by atoms with Gasteiger partial charge in [0.2, 0.25) is 0 Å². The summed E-state index contributed by atoms with van der Waals surface area (Å²) in [6.45, 7) is 3.95. The molecule has 0 fully saturated rings. The molecular formula is C15H17N. The molecule has 82 valence electrons. The van der Waals surface area contributed by atoms with Crippen LogP contribution < -0.4 is 0 Å². The van der Waals surface area contributed by atoms with Gasteiger partial charge in [-0.05, 0) is 31.4 Å². The first-order chi connectivity index (χ1) is 7.66. The minimum Gasteiger partial charge on any atom is -0.305 e. The molecule has 16 heavy (non-hydrogen) atoms. The molecule has 1 N–H and O–H groups in total. The largest absolute Gasteiger partial charge is 0.305 e. The summed E-state index contributed by atoms with van der Waals surface area (Å²) in [7, 11) is 0. The fraction of sp³-hybridized carbons (Fsp3) is 0.267. The fourth-order valence-corrected chi connectivity index (χ4v) is 1.95. The van der Waals surface area contributed by atoms with Gasteiger partial charge in [0, 0.05) is 11.6 Å². The Hall–Kier alpha value is -1.63. The second kappa shape index (κ2) is 4.48. The van der Waals surface area contributed by atoms with Gasteiger partial charge in [-0.1, -0.05) is 48.1 Å². The number of hydrogen-bond donors (Lipinski definition) is 1. The Labute approximate surface area is 97.0 Å². The highest BCUT2D eigenvalue weighted by atomic mass is 14.4. The highest BCUT2D eigenvalue weighted by Gasteiger charge is 2.09. The third-order valence-electron chi connectivity index (χ3n) is 3.06. The van der Waals surface area contributed by atoms with Crippen molar-refractivity contribution >= 4 is 5.71 Å². The summed E-state index contributed by atoms with van der Waals surface area (Å²) in [6, 6.07) is 8.35. The van der Waals surface area contributed by atoms with Crippen LogP contribution in [0.15, 0.2) is 48.1 Å². The summed E-state index contributed by atoms with van der Waals surface area (Å²) in [5.41, 5.74) is 4.32. The van der Waals surface area contributed by atoms with Gasteiger partial charge in [0.1, 0.15) is 0 Å². The lowest BCUT2D eigenvalue weighted by molar-refractivity contribution is 0.845. The van der Waals surface area contributed by atoms with Gasteiger partial charge in [0.15, 0.2) is 0 Å². The predicted octanol–water partition coefficient (Wildman–Crippen LogP) is 4.06. The van der Waals surface area contributed by atoms with Gasteiger partial charge < -0.3 is 5.41 Å². The third-order valence-corrected chi connectivity index (χ3v) is 3.06. The summed E-state index contributed by atoms with van der Waals surface area (Å²) in [6.07, 6.45) is 7.82. The lowest BCUT2D eigenvalue weighted by Gasteiger charge is -2.15. The molecule has 0 heterocycles. The Morgan fingerprint density at radius 2 is 1.94 bits per heavy atom. The maximum absolute atomic E-state index is 7.55. The Balaban J connectivity index is 2.17. The molecule has 1 heteroatoms. The number of nitrogens with one attached hydrogen (secondary N) is 1. The highest BCUT2D eigenvalue weighted by molar-refractivity contribution is 5.96. The van der Waals surface area contributed by atoms with Crippen LogP contribution in [0.5, 0.6) is 0 Å². The van der Waals surface area contributed by atoms with E-state index in [1.54, 1.807) is 0 Å². The summed E-state index contributed by atoms with van der Waals surface area (Å²) < 4.78 is 0. The van der Waals surface area contributed by atoms with Crippen LogP contribution in [0.3, 0.4) is 0 Å². The average Bonchev–Trinajstić information content (AvgIpc) is 2.30. The third kappa shape index (κ3) is 2.30. The maximum Gasteiger partial charge on any atom is 0.0355 e. The number of benzene rings is 1. The van der Waals surface area contributed by atoms with Gasteiger partial charge in [0.25, 0.3) is 0 Å². The van der Waals surface area contributed by atoms with Crippen molar-refractivity contribution < 1.29 is 0 Å². The van der Waals surface area contributed by atoms with Crippen LogP contribution in [-0.4, -0.2) is 5.71 Å². The molecular weight excluding hydrogens is 194 g/mol. The first kappa shape index (κ1) is 10.9. The average molecular weight is 211 g/mol. The Morgan fingerprint density at radius 1 is 1.25 bits per heavy atom. The van der Waals surface area contributed by atoms with Crippen LogP contribution in [-0.2, 0) is 0 Å². The molecule has 1 aromatic carbocycles. The van der Waals surface area contributed by atoms with Crippen molar-refractivity contribution in [2.75, 3.05) is 0 Å². The van der Waals surface area contributed by atoms with E-state index in [0.717, 1.165) is 12.0 Å². The molecule has 1 aliphatic rings. The van der Waals surface area contributed by atoms with Crippen molar-refractivity contribution in [2.24, 2.45) is 0 Å². The quantitative estimate of drug-likeness (QED) is 0.713. The Bertz CT molecular complexity index is 449. The van der Waals surface area contributed by atoms with Crippen LogP contribution in [0.25, 0.3) is 0 Å². The van der Waals surface area contributed by atoms with Crippen molar-refractivity contribution in [3.8, 4) is 0 Å². The van der Waals surface area contributed by atoms with E-state index in [2.05, 4.69) is 37.3 Å². The molecule has 1 nitrogen and oxygen atoms in total. The first-order valence-corrected chi connectivity index (χ1v) is 5.67. The summed E-state index contributed by atoms with van der Waals surface area (Å²) in [4.78, 5) is 0. The SMILES string of the molecule is CC(=N)c1ccc(C2C=CC(C)=CC2)cc1. The molecule has 1 aliphatic carbocycles. The minimum atomic E-state index is 0.504. The molecule has 0 aromatic heterocycles. The molecule has 0 saturated heterocycles. The summed E-state index contributed by atoms with van der Waals surface area (Å²) in [5, 5.41) is 7.55.